The highest BCUT2D eigenvalue weighted by atomic mass is 79.9. The van der Waals surface area contributed by atoms with Crippen molar-refractivity contribution in [3.8, 4) is 0 Å². The van der Waals surface area contributed by atoms with Gasteiger partial charge < -0.3 is 9.52 Å². The highest BCUT2D eigenvalue weighted by molar-refractivity contribution is 9.10. The molecule has 1 aromatic heterocycles. The Bertz CT molecular complexity index is 579. The molecule has 0 aliphatic rings. The molecule has 0 aliphatic carbocycles. The minimum atomic E-state index is -3.81. The lowest BCUT2D eigenvalue weighted by atomic mass is 10.2. The molecule has 0 unspecified atom stereocenters. The number of sulfonamides is 1. The standard InChI is InChI=1S/C10H14BrNO5S2/c1-10(2,18-3)5-12-19(15,16)7-4-6(9(13)14)17-8(7)11/h4,12H,5H2,1-3H3,(H,13,14). The van der Waals surface area contributed by atoms with Gasteiger partial charge in [0.25, 0.3) is 0 Å². The van der Waals surface area contributed by atoms with Crippen LogP contribution in [0.25, 0.3) is 0 Å². The van der Waals surface area contributed by atoms with E-state index in [2.05, 4.69) is 20.7 Å². The summed E-state index contributed by atoms with van der Waals surface area (Å²) in [6.07, 6.45) is 1.88. The highest BCUT2D eigenvalue weighted by Gasteiger charge is 2.27. The maximum Gasteiger partial charge on any atom is 0.371 e. The summed E-state index contributed by atoms with van der Waals surface area (Å²) >= 11 is 4.43. The van der Waals surface area contributed by atoms with Crippen LogP contribution in [0.1, 0.15) is 24.4 Å². The van der Waals surface area contributed by atoms with Crippen LogP contribution in [0, 0.1) is 0 Å². The van der Waals surface area contributed by atoms with Crippen molar-refractivity contribution in [2.75, 3.05) is 12.8 Å². The zero-order valence-electron chi connectivity index (χ0n) is 10.6. The predicted molar refractivity (Wildman–Crippen MR) is 76.1 cm³/mol. The quantitative estimate of drug-likeness (QED) is 0.795. The average Bonchev–Trinajstić information content (AvgIpc) is 2.70. The number of hydrogen-bond donors (Lipinski definition) is 2. The van der Waals surface area contributed by atoms with Crippen LogP contribution in [0.2, 0.25) is 0 Å². The lowest BCUT2D eigenvalue weighted by molar-refractivity contribution is 0.0661. The molecule has 0 amide bonds. The zero-order valence-corrected chi connectivity index (χ0v) is 13.8. The molecule has 0 radical (unpaired) electrons. The lowest BCUT2D eigenvalue weighted by Crippen LogP contribution is -2.36. The Labute approximate surface area is 124 Å². The first-order valence-electron chi connectivity index (χ1n) is 5.16. The smallest absolute Gasteiger partial charge is 0.371 e. The Kier molecular flexibility index (Phi) is 5.10. The molecule has 1 heterocycles. The molecule has 0 bridgehead atoms. The summed E-state index contributed by atoms with van der Waals surface area (Å²) < 4.78 is 30.9. The fourth-order valence-corrected chi connectivity index (χ4v) is 3.52. The van der Waals surface area contributed by atoms with Gasteiger partial charge in [-0.05, 0) is 36.0 Å². The third-order valence-corrected chi connectivity index (χ3v) is 5.90. The largest absolute Gasteiger partial charge is 0.475 e. The molecule has 0 aliphatic heterocycles. The summed E-state index contributed by atoms with van der Waals surface area (Å²) in [5, 5.41) is 8.75. The van der Waals surface area contributed by atoms with Crippen LogP contribution < -0.4 is 4.72 Å². The number of hydrogen-bond acceptors (Lipinski definition) is 5. The van der Waals surface area contributed by atoms with Gasteiger partial charge in [0.1, 0.15) is 4.90 Å². The Hall–Kier alpha value is -0.510. The van der Waals surface area contributed by atoms with Crippen molar-refractivity contribution in [2.45, 2.75) is 23.5 Å². The van der Waals surface area contributed by atoms with Gasteiger partial charge in [-0.2, -0.15) is 11.8 Å². The summed E-state index contributed by atoms with van der Waals surface area (Å²) in [6, 6.07) is 0.973. The van der Waals surface area contributed by atoms with E-state index in [1.54, 1.807) is 0 Å². The first kappa shape index (κ1) is 16.5. The van der Waals surface area contributed by atoms with Crippen LogP contribution in [-0.4, -0.2) is 37.0 Å². The molecule has 19 heavy (non-hydrogen) atoms. The number of aromatic carboxylic acids is 1. The van der Waals surface area contributed by atoms with Crippen molar-refractivity contribution < 1.29 is 22.7 Å². The first-order chi connectivity index (χ1) is 8.59. The molecule has 0 saturated heterocycles. The number of nitrogens with one attached hydrogen (secondary N) is 1. The molecule has 6 nitrogen and oxygen atoms in total. The van der Waals surface area contributed by atoms with Crippen LogP contribution in [0.3, 0.4) is 0 Å². The van der Waals surface area contributed by atoms with E-state index in [0.717, 1.165) is 6.07 Å². The SMILES string of the molecule is CSC(C)(C)CNS(=O)(=O)c1cc(C(=O)O)oc1Br. The van der Waals surface area contributed by atoms with E-state index in [0.29, 0.717) is 0 Å². The summed E-state index contributed by atoms with van der Waals surface area (Å²) in [6.45, 7) is 4.01. The Morgan fingerprint density at radius 3 is 2.58 bits per heavy atom. The minimum absolute atomic E-state index is 0.126. The van der Waals surface area contributed by atoms with Gasteiger partial charge in [0.05, 0.1) is 0 Å². The maximum absolute atomic E-state index is 12.0. The summed E-state index contributed by atoms with van der Waals surface area (Å²) in [7, 11) is -3.81. The van der Waals surface area contributed by atoms with E-state index in [9.17, 15) is 13.2 Å². The molecule has 0 fully saturated rings. The molecule has 0 saturated carbocycles. The molecule has 1 rings (SSSR count). The van der Waals surface area contributed by atoms with Gasteiger partial charge in [-0.1, -0.05) is 0 Å². The van der Waals surface area contributed by atoms with Crippen molar-refractivity contribution in [1.82, 2.24) is 4.72 Å². The third-order valence-electron chi connectivity index (χ3n) is 2.40. The fourth-order valence-electron chi connectivity index (χ4n) is 1.06. The summed E-state index contributed by atoms with van der Waals surface area (Å²) in [5.74, 6) is -1.76. The maximum atomic E-state index is 12.0. The summed E-state index contributed by atoms with van der Waals surface area (Å²) in [4.78, 5) is 10.5. The molecule has 9 heteroatoms. The molecular weight excluding hydrogens is 358 g/mol. The van der Waals surface area contributed by atoms with Gasteiger partial charge in [0.2, 0.25) is 15.8 Å². The molecule has 0 aromatic carbocycles. The van der Waals surface area contributed by atoms with Gasteiger partial charge in [-0.15, -0.1) is 0 Å². The van der Waals surface area contributed by atoms with Gasteiger partial charge in [-0.3, -0.25) is 0 Å². The van der Waals surface area contributed by atoms with Crippen LogP contribution in [0.5, 0.6) is 0 Å². The van der Waals surface area contributed by atoms with Gasteiger partial charge >= 0.3 is 5.97 Å². The zero-order chi connectivity index (χ0) is 14.8. The van der Waals surface area contributed by atoms with E-state index in [1.165, 1.54) is 11.8 Å². The fraction of sp³-hybridized carbons (Fsp3) is 0.500. The Morgan fingerprint density at radius 2 is 2.16 bits per heavy atom. The molecular formula is C10H14BrNO5S2. The van der Waals surface area contributed by atoms with E-state index >= 15 is 0 Å². The normalized spacial score (nSPS) is 12.6. The number of carboxylic acids is 1. The number of carboxylic acid groups (broad SMARTS) is 1. The number of thioether (sulfide) groups is 1. The topological polar surface area (TPSA) is 96.6 Å². The molecule has 2 N–H and O–H groups in total. The third kappa shape index (κ3) is 4.23. The van der Waals surface area contributed by atoms with Gasteiger partial charge in [0, 0.05) is 17.4 Å². The Balaban J connectivity index is 2.98. The first-order valence-corrected chi connectivity index (χ1v) is 8.66. The highest BCUT2D eigenvalue weighted by Crippen LogP contribution is 2.27. The second-order valence-electron chi connectivity index (χ2n) is 4.34. The van der Waals surface area contributed by atoms with Crippen LogP contribution in [0.4, 0.5) is 0 Å². The number of rotatable bonds is 6. The van der Waals surface area contributed by atoms with E-state index in [1.807, 2.05) is 20.1 Å². The second kappa shape index (κ2) is 5.86. The monoisotopic (exact) mass is 371 g/mol. The molecule has 1 aromatic rings. The van der Waals surface area contributed by atoms with Crippen LogP contribution in [-0.2, 0) is 10.0 Å². The molecule has 0 atom stereocenters. The minimum Gasteiger partial charge on any atom is -0.475 e. The Morgan fingerprint density at radius 1 is 1.58 bits per heavy atom. The van der Waals surface area contributed by atoms with Crippen molar-refractivity contribution in [1.29, 1.82) is 0 Å². The van der Waals surface area contributed by atoms with E-state index < -0.39 is 21.8 Å². The second-order valence-corrected chi connectivity index (χ2v) is 8.31. The number of halogens is 1. The van der Waals surface area contributed by atoms with E-state index in [4.69, 9.17) is 9.52 Å². The van der Waals surface area contributed by atoms with Crippen molar-refractivity contribution in [2.24, 2.45) is 0 Å². The van der Waals surface area contributed by atoms with Crippen molar-refractivity contribution in [3.05, 3.63) is 16.5 Å². The average molecular weight is 372 g/mol. The van der Waals surface area contributed by atoms with Gasteiger partial charge in [-0.25, -0.2) is 17.9 Å². The lowest BCUT2D eigenvalue weighted by Gasteiger charge is -2.21. The number of furan rings is 1. The number of carbonyl (C=O) groups is 1. The van der Waals surface area contributed by atoms with Crippen LogP contribution in [0.15, 0.2) is 20.0 Å². The molecule has 108 valence electrons. The summed E-state index contributed by atoms with van der Waals surface area (Å²) in [5.41, 5.74) is 0. The molecule has 0 spiro atoms. The van der Waals surface area contributed by atoms with Crippen molar-refractivity contribution in [3.63, 3.8) is 0 Å². The van der Waals surface area contributed by atoms with Gasteiger partial charge in [0.15, 0.2) is 4.67 Å². The van der Waals surface area contributed by atoms with Crippen molar-refractivity contribution >= 4 is 43.7 Å². The predicted octanol–water partition coefficient (Wildman–Crippen LogP) is 2.16. The van der Waals surface area contributed by atoms with E-state index in [-0.39, 0.29) is 20.9 Å². The van der Waals surface area contributed by atoms with Crippen LogP contribution >= 0.6 is 27.7 Å².